The first-order valence-corrected chi connectivity index (χ1v) is 8.85. The topological polar surface area (TPSA) is 62.6 Å². The number of carbonyl (C=O) groups excluding carboxylic acids is 2. The van der Waals surface area contributed by atoms with Gasteiger partial charge in [0.25, 0.3) is 11.8 Å². The third-order valence-corrected chi connectivity index (χ3v) is 4.73. The van der Waals surface area contributed by atoms with E-state index in [4.69, 9.17) is 29.6 Å². The molecule has 3 N–H and O–H groups in total. The van der Waals surface area contributed by atoms with Crippen LogP contribution in [0.25, 0.3) is 0 Å². The summed E-state index contributed by atoms with van der Waals surface area (Å²) in [5.41, 5.74) is -0.0698. The van der Waals surface area contributed by atoms with Crippen LogP contribution in [0.2, 0.25) is 10.0 Å². The molecular formula is C18H24Cl2N3O2+. The van der Waals surface area contributed by atoms with Crippen molar-refractivity contribution in [2.75, 3.05) is 25.5 Å². The number of terminal acetylenes is 1. The van der Waals surface area contributed by atoms with Crippen molar-refractivity contribution in [1.82, 2.24) is 5.32 Å². The van der Waals surface area contributed by atoms with Gasteiger partial charge in [-0.2, -0.15) is 0 Å². The van der Waals surface area contributed by atoms with Crippen LogP contribution < -0.4 is 15.5 Å². The molecule has 1 aromatic carbocycles. The number of hydrogen-bond donors (Lipinski definition) is 3. The Hall–Kier alpha value is -1.74. The SMILES string of the molecule is C#CC(CC)(CC)NC(=O)C[NH+](C)CC(=O)Nc1ccc(Cl)c(Cl)c1. The average Bonchev–Trinajstić information content (AvgIpc) is 2.55. The van der Waals surface area contributed by atoms with Gasteiger partial charge < -0.3 is 15.5 Å². The summed E-state index contributed by atoms with van der Waals surface area (Å²) in [5, 5.41) is 6.40. The van der Waals surface area contributed by atoms with E-state index >= 15 is 0 Å². The summed E-state index contributed by atoms with van der Waals surface area (Å²) in [6, 6.07) is 4.85. The van der Waals surface area contributed by atoms with Gasteiger partial charge in [0.15, 0.2) is 13.1 Å². The lowest BCUT2D eigenvalue weighted by molar-refractivity contribution is -0.862. The van der Waals surface area contributed by atoms with Gasteiger partial charge in [0.05, 0.1) is 17.1 Å². The highest BCUT2D eigenvalue weighted by Gasteiger charge is 2.26. The molecule has 7 heteroatoms. The van der Waals surface area contributed by atoms with Gasteiger partial charge in [0.1, 0.15) is 5.54 Å². The normalized spacial score (nSPS) is 12.2. The third-order valence-electron chi connectivity index (χ3n) is 3.99. The number of likely N-dealkylation sites (N-methyl/N-ethyl adjacent to an activating group) is 1. The van der Waals surface area contributed by atoms with Gasteiger partial charge in [-0.25, -0.2) is 0 Å². The van der Waals surface area contributed by atoms with Crippen LogP contribution in [0.3, 0.4) is 0 Å². The molecule has 0 aliphatic heterocycles. The molecular weight excluding hydrogens is 361 g/mol. The second-order valence-electron chi connectivity index (χ2n) is 5.97. The van der Waals surface area contributed by atoms with E-state index in [9.17, 15) is 9.59 Å². The van der Waals surface area contributed by atoms with E-state index in [0.29, 0.717) is 28.6 Å². The Morgan fingerprint density at radius 1 is 1.16 bits per heavy atom. The molecule has 0 spiro atoms. The number of anilines is 1. The van der Waals surface area contributed by atoms with Gasteiger partial charge in [-0.3, -0.25) is 9.59 Å². The smallest absolute Gasteiger partial charge is 0.279 e. The maximum atomic E-state index is 12.2. The second kappa shape index (κ2) is 9.67. The molecule has 1 atom stereocenters. The van der Waals surface area contributed by atoms with Crippen LogP contribution >= 0.6 is 23.2 Å². The van der Waals surface area contributed by atoms with Crippen molar-refractivity contribution in [2.45, 2.75) is 32.2 Å². The van der Waals surface area contributed by atoms with E-state index in [1.807, 2.05) is 13.8 Å². The zero-order valence-corrected chi connectivity index (χ0v) is 16.2. The summed E-state index contributed by atoms with van der Waals surface area (Å²) in [6.07, 6.45) is 6.85. The van der Waals surface area contributed by atoms with Gasteiger partial charge >= 0.3 is 0 Å². The molecule has 0 saturated heterocycles. The Balaban J connectivity index is 2.54. The molecule has 0 fully saturated rings. The number of hydrogen-bond acceptors (Lipinski definition) is 2. The van der Waals surface area contributed by atoms with Crippen LogP contribution in [0, 0.1) is 12.3 Å². The first kappa shape index (κ1) is 21.3. The third kappa shape index (κ3) is 6.58. The molecule has 136 valence electrons. The molecule has 1 unspecified atom stereocenters. The lowest BCUT2D eigenvalue weighted by Crippen LogP contribution is -3.11. The zero-order valence-electron chi connectivity index (χ0n) is 14.7. The minimum atomic E-state index is -0.625. The molecule has 0 heterocycles. The van der Waals surface area contributed by atoms with Crippen LogP contribution in [0.1, 0.15) is 26.7 Å². The lowest BCUT2D eigenvalue weighted by atomic mass is 9.94. The average molecular weight is 385 g/mol. The van der Waals surface area contributed by atoms with Crippen molar-refractivity contribution < 1.29 is 14.5 Å². The Morgan fingerprint density at radius 2 is 1.76 bits per heavy atom. The summed E-state index contributed by atoms with van der Waals surface area (Å²) in [7, 11) is 1.77. The van der Waals surface area contributed by atoms with Crippen molar-refractivity contribution in [2.24, 2.45) is 0 Å². The molecule has 1 aromatic rings. The molecule has 2 amide bonds. The standard InChI is InChI=1S/C18H23Cl2N3O2/c1-5-18(6-2,7-3)22-17(25)12-23(4)11-16(24)21-13-8-9-14(19)15(20)10-13/h1,8-10H,6-7,11-12H2,2-4H3,(H,21,24)(H,22,25)/p+1. The van der Waals surface area contributed by atoms with E-state index in [-0.39, 0.29) is 24.9 Å². The molecule has 0 aliphatic carbocycles. The van der Waals surface area contributed by atoms with Crippen LogP contribution in [0.4, 0.5) is 5.69 Å². The molecule has 0 aromatic heterocycles. The fourth-order valence-corrected chi connectivity index (χ4v) is 2.67. The Bertz CT molecular complexity index is 667. The predicted molar refractivity (Wildman–Crippen MR) is 102 cm³/mol. The summed E-state index contributed by atoms with van der Waals surface area (Å²) in [6.45, 7) is 4.16. The molecule has 5 nitrogen and oxygen atoms in total. The molecule has 0 aliphatic rings. The number of nitrogens with one attached hydrogen (secondary N) is 3. The quantitative estimate of drug-likeness (QED) is 0.598. The minimum Gasteiger partial charge on any atom is -0.335 e. The van der Waals surface area contributed by atoms with Crippen LogP contribution in [-0.2, 0) is 9.59 Å². The van der Waals surface area contributed by atoms with Gasteiger partial charge in [0.2, 0.25) is 0 Å². The monoisotopic (exact) mass is 384 g/mol. The summed E-state index contributed by atoms with van der Waals surface area (Å²) in [4.78, 5) is 25.0. The number of benzene rings is 1. The maximum Gasteiger partial charge on any atom is 0.279 e. The van der Waals surface area contributed by atoms with Crippen LogP contribution in [0.5, 0.6) is 0 Å². The molecule has 0 bridgehead atoms. The highest BCUT2D eigenvalue weighted by molar-refractivity contribution is 6.42. The summed E-state index contributed by atoms with van der Waals surface area (Å²) < 4.78 is 0. The van der Waals surface area contributed by atoms with Crippen LogP contribution in [-0.4, -0.2) is 37.5 Å². The van der Waals surface area contributed by atoms with Crippen LogP contribution in [0.15, 0.2) is 18.2 Å². The minimum absolute atomic E-state index is 0.134. The van der Waals surface area contributed by atoms with Crippen molar-refractivity contribution in [3.8, 4) is 12.3 Å². The van der Waals surface area contributed by atoms with E-state index in [0.717, 1.165) is 4.90 Å². The highest BCUT2D eigenvalue weighted by atomic mass is 35.5. The first-order chi connectivity index (χ1) is 11.7. The fourth-order valence-electron chi connectivity index (χ4n) is 2.37. The largest absolute Gasteiger partial charge is 0.335 e. The first-order valence-electron chi connectivity index (χ1n) is 8.10. The predicted octanol–water partition coefficient (Wildman–Crippen LogP) is 1.75. The summed E-state index contributed by atoms with van der Waals surface area (Å²) >= 11 is 11.8. The number of quaternary nitrogens is 1. The van der Waals surface area contributed by atoms with Crippen molar-refractivity contribution >= 4 is 40.7 Å². The Labute approximate surface area is 159 Å². The molecule has 0 saturated carbocycles. The molecule has 0 radical (unpaired) electrons. The maximum absolute atomic E-state index is 12.2. The highest BCUT2D eigenvalue weighted by Crippen LogP contribution is 2.24. The van der Waals surface area contributed by atoms with Crippen molar-refractivity contribution in [3.63, 3.8) is 0 Å². The van der Waals surface area contributed by atoms with Crippen molar-refractivity contribution in [1.29, 1.82) is 0 Å². The number of rotatable bonds is 8. The van der Waals surface area contributed by atoms with Gasteiger partial charge in [-0.15, -0.1) is 6.42 Å². The number of carbonyl (C=O) groups is 2. The number of halogens is 2. The summed E-state index contributed by atoms with van der Waals surface area (Å²) in [5.74, 6) is 2.26. The van der Waals surface area contributed by atoms with Gasteiger partial charge in [-0.05, 0) is 31.0 Å². The second-order valence-corrected chi connectivity index (χ2v) is 6.78. The zero-order chi connectivity index (χ0) is 19.0. The van der Waals surface area contributed by atoms with Gasteiger partial charge in [0, 0.05) is 5.69 Å². The lowest BCUT2D eigenvalue weighted by Gasteiger charge is -2.27. The van der Waals surface area contributed by atoms with E-state index in [1.165, 1.54) is 0 Å². The van der Waals surface area contributed by atoms with E-state index in [2.05, 4.69) is 16.6 Å². The Kier molecular flexibility index (Phi) is 8.24. The van der Waals surface area contributed by atoms with Crippen molar-refractivity contribution in [3.05, 3.63) is 28.2 Å². The fraction of sp³-hybridized carbons (Fsp3) is 0.444. The van der Waals surface area contributed by atoms with E-state index < -0.39 is 5.54 Å². The molecule has 1 rings (SSSR count). The Morgan fingerprint density at radius 3 is 2.28 bits per heavy atom. The molecule has 25 heavy (non-hydrogen) atoms. The number of amides is 2. The van der Waals surface area contributed by atoms with E-state index in [1.54, 1.807) is 25.2 Å². The van der Waals surface area contributed by atoms with Gasteiger partial charge in [-0.1, -0.05) is 43.0 Å².